The van der Waals surface area contributed by atoms with Crippen molar-refractivity contribution < 1.29 is 4.39 Å². The van der Waals surface area contributed by atoms with Crippen molar-refractivity contribution in [3.63, 3.8) is 0 Å². The van der Waals surface area contributed by atoms with E-state index in [1.807, 2.05) is 19.3 Å². The number of benzene rings is 1. The molecule has 0 aliphatic carbocycles. The molecule has 0 fully saturated rings. The maximum atomic E-state index is 13.2. The number of aromatic amines is 1. The summed E-state index contributed by atoms with van der Waals surface area (Å²) in [5.74, 6) is -0.263. The van der Waals surface area contributed by atoms with Gasteiger partial charge < -0.3 is 16.0 Å². The standard InChI is InChI=1S/C19H18FN7/c1-27-11-13(7-25-27)17-10-24-19-18(26-17)15(8-23-19)16(21)9-22-6-12-3-2-4-14(20)5-12/h2-5,7-11,22H,6,21H2,1H3,(H,23,24)/b16-9-. The summed E-state index contributed by atoms with van der Waals surface area (Å²) in [5, 5.41) is 7.26. The van der Waals surface area contributed by atoms with Gasteiger partial charge in [-0.15, -0.1) is 0 Å². The highest BCUT2D eigenvalue weighted by molar-refractivity contribution is 5.87. The van der Waals surface area contributed by atoms with Crippen molar-refractivity contribution in [2.24, 2.45) is 12.8 Å². The number of rotatable bonds is 5. The van der Waals surface area contributed by atoms with Crippen molar-refractivity contribution in [3.8, 4) is 11.3 Å². The highest BCUT2D eigenvalue weighted by atomic mass is 19.1. The first kappa shape index (κ1) is 16.8. The number of aromatic nitrogens is 5. The molecule has 0 aliphatic heterocycles. The molecule has 136 valence electrons. The molecule has 4 aromatic rings. The van der Waals surface area contributed by atoms with Crippen LogP contribution < -0.4 is 11.1 Å². The van der Waals surface area contributed by atoms with Gasteiger partial charge in [-0.3, -0.25) is 4.68 Å². The molecule has 7 nitrogen and oxygen atoms in total. The third kappa shape index (κ3) is 3.50. The van der Waals surface area contributed by atoms with E-state index in [4.69, 9.17) is 5.73 Å². The Morgan fingerprint density at radius 3 is 3.04 bits per heavy atom. The maximum Gasteiger partial charge on any atom is 0.156 e. The molecule has 1 aromatic carbocycles. The maximum absolute atomic E-state index is 13.2. The molecule has 0 radical (unpaired) electrons. The fourth-order valence-electron chi connectivity index (χ4n) is 2.81. The van der Waals surface area contributed by atoms with E-state index in [2.05, 4.69) is 25.4 Å². The molecule has 0 amide bonds. The number of nitrogens with zero attached hydrogens (tertiary/aromatic N) is 4. The van der Waals surface area contributed by atoms with E-state index in [1.54, 1.807) is 35.5 Å². The molecule has 4 N–H and O–H groups in total. The van der Waals surface area contributed by atoms with Crippen LogP contribution in [0.2, 0.25) is 0 Å². The van der Waals surface area contributed by atoms with E-state index in [0.29, 0.717) is 23.4 Å². The van der Waals surface area contributed by atoms with Crippen LogP contribution in [0.15, 0.2) is 55.3 Å². The highest BCUT2D eigenvalue weighted by Gasteiger charge is 2.11. The van der Waals surface area contributed by atoms with Gasteiger partial charge in [0, 0.05) is 43.3 Å². The first-order chi connectivity index (χ1) is 13.1. The number of nitrogens with two attached hydrogens (primary N) is 1. The van der Waals surface area contributed by atoms with Crippen LogP contribution in [0.3, 0.4) is 0 Å². The Morgan fingerprint density at radius 2 is 2.26 bits per heavy atom. The lowest BCUT2D eigenvalue weighted by atomic mass is 10.2. The predicted octanol–water partition coefficient (Wildman–Crippen LogP) is 2.54. The molecule has 27 heavy (non-hydrogen) atoms. The summed E-state index contributed by atoms with van der Waals surface area (Å²) in [6, 6.07) is 6.42. The van der Waals surface area contributed by atoms with Crippen molar-refractivity contribution in [2.75, 3.05) is 0 Å². The van der Waals surface area contributed by atoms with Gasteiger partial charge in [0.25, 0.3) is 0 Å². The Hall–Kier alpha value is -3.68. The smallest absolute Gasteiger partial charge is 0.156 e. The van der Waals surface area contributed by atoms with Crippen molar-refractivity contribution in [2.45, 2.75) is 6.54 Å². The second-order valence-corrected chi connectivity index (χ2v) is 6.17. The lowest BCUT2D eigenvalue weighted by Gasteiger charge is -2.04. The summed E-state index contributed by atoms with van der Waals surface area (Å²) in [7, 11) is 1.85. The highest BCUT2D eigenvalue weighted by Crippen LogP contribution is 2.23. The van der Waals surface area contributed by atoms with E-state index in [-0.39, 0.29) is 5.82 Å². The molecule has 0 bridgehead atoms. The molecular weight excluding hydrogens is 345 g/mol. The van der Waals surface area contributed by atoms with Crippen molar-refractivity contribution in [1.29, 1.82) is 0 Å². The zero-order valence-corrected chi connectivity index (χ0v) is 14.6. The van der Waals surface area contributed by atoms with E-state index < -0.39 is 0 Å². The second-order valence-electron chi connectivity index (χ2n) is 6.17. The van der Waals surface area contributed by atoms with Crippen molar-refractivity contribution >= 4 is 16.9 Å². The average Bonchev–Trinajstić information content (AvgIpc) is 3.27. The topological polar surface area (TPSA) is 97.4 Å². The minimum atomic E-state index is -0.263. The minimum absolute atomic E-state index is 0.263. The van der Waals surface area contributed by atoms with E-state index in [1.165, 1.54) is 12.1 Å². The molecular formula is C19H18FN7. The van der Waals surface area contributed by atoms with Gasteiger partial charge in [0.15, 0.2) is 5.65 Å². The molecule has 8 heteroatoms. The Morgan fingerprint density at radius 1 is 1.37 bits per heavy atom. The Kier molecular flexibility index (Phi) is 4.29. The quantitative estimate of drug-likeness (QED) is 0.506. The van der Waals surface area contributed by atoms with Crippen molar-refractivity contribution in [1.82, 2.24) is 30.0 Å². The monoisotopic (exact) mass is 363 g/mol. The van der Waals surface area contributed by atoms with Gasteiger partial charge in [0.05, 0.1) is 23.8 Å². The van der Waals surface area contributed by atoms with Gasteiger partial charge in [-0.25, -0.2) is 14.4 Å². The van der Waals surface area contributed by atoms with Crippen LogP contribution in [0.4, 0.5) is 4.39 Å². The fraction of sp³-hybridized carbons (Fsp3) is 0.105. The molecule has 0 unspecified atom stereocenters. The summed E-state index contributed by atoms with van der Waals surface area (Å²) < 4.78 is 14.9. The number of H-pyrrole nitrogens is 1. The van der Waals surface area contributed by atoms with Gasteiger partial charge in [0.2, 0.25) is 0 Å². The van der Waals surface area contributed by atoms with Crippen LogP contribution in [-0.4, -0.2) is 24.7 Å². The number of aryl methyl sites for hydroxylation is 1. The zero-order valence-electron chi connectivity index (χ0n) is 14.6. The number of halogens is 1. The van der Waals surface area contributed by atoms with Gasteiger partial charge in [-0.2, -0.15) is 5.10 Å². The largest absolute Gasteiger partial charge is 0.397 e. The zero-order chi connectivity index (χ0) is 18.8. The summed E-state index contributed by atoms with van der Waals surface area (Å²) in [6.45, 7) is 0.466. The third-order valence-electron chi connectivity index (χ3n) is 4.15. The molecule has 0 saturated carbocycles. The molecule has 4 rings (SSSR count). The lowest BCUT2D eigenvalue weighted by molar-refractivity contribution is 0.624. The first-order valence-electron chi connectivity index (χ1n) is 8.37. The third-order valence-corrected chi connectivity index (χ3v) is 4.15. The number of fused-ring (bicyclic) bond motifs is 1. The summed E-state index contributed by atoms with van der Waals surface area (Å²) in [5.41, 5.74) is 11.2. The SMILES string of the molecule is Cn1cc(-c2cnc3[nH]cc(/C(N)=C/NCc4cccc(F)c4)c3n2)cn1. The molecule has 0 spiro atoms. The summed E-state index contributed by atoms with van der Waals surface area (Å²) in [6.07, 6.45) is 8.77. The van der Waals surface area contributed by atoms with Gasteiger partial charge in [0.1, 0.15) is 11.3 Å². The van der Waals surface area contributed by atoms with Gasteiger partial charge in [-0.1, -0.05) is 12.1 Å². The lowest BCUT2D eigenvalue weighted by Crippen LogP contribution is -2.09. The normalized spacial score (nSPS) is 11.9. The number of hydrogen-bond donors (Lipinski definition) is 3. The van der Waals surface area contributed by atoms with Crippen LogP contribution in [0.25, 0.3) is 28.1 Å². The predicted molar refractivity (Wildman–Crippen MR) is 101 cm³/mol. The van der Waals surface area contributed by atoms with Gasteiger partial charge >= 0.3 is 0 Å². The van der Waals surface area contributed by atoms with Crippen LogP contribution in [0.1, 0.15) is 11.1 Å². The van der Waals surface area contributed by atoms with E-state index >= 15 is 0 Å². The Balaban J connectivity index is 1.58. The number of hydrogen-bond acceptors (Lipinski definition) is 5. The van der Waals surface area contributed by atoms with Crippen LogP contribution in [0, 0.1) is 5.82 Å². The first-order valence-corrected chi connectivity index (χ1v) is 8.37. The summed E-state index contributed by atoms with van der Waals surface area (Å²) in [4.78, 5) is 12.2. The van der Waals surface area contributed by atoms with Crippen LogP contribution in [-0.2, 0) is 13.6 Å². The summed E-state index contributed by atoms with van der Waals surface area (Å²) >= 11 is 0. The minimum Gasteiger partial charge on any atom is -0.397 e. The van der Waals surface area contributed by atoms with Gasteiger partial charge in [-0.05, 0) is 17.7 Å². The Bertz CT molecular complexity index is 1130. The second kappa shape index (κ2) is 6.91. The van der Waals surface area contributed by atoms with E-state index in [0.717, 1.165) is 22.4 Å². The van der Waals surface area contributed by atoms with Crippen LogP contribution in [0.5, 0.6) is 0 Å². The van der Waals surface area contributed by atoms with E-state index in [9.17, 15) is 4.39 Å². The molecule has 3 heterocycles. The molecule has 0 atom stereocenters. The molecule has 0 saturated heterocycles. The average molecular weight is 363 g/mol. The fourth-order valence-corrected chi connectivity index (χ4v) is 2.81. The molecule has 3 aromatic heterocycles. The Labute approximate surface area is 154 Å². The van der Waals surface area contributed by atoms with Crippen LogP contribution >= 0.6 is 0 Å². The van der Waals surface area contributed by atoms with Crippen molar-refractivity contribution in [3.05, 3.63) is 72.2 Å². The molecule has 0 aliphatic rings. The number of nitrogens with one attached hydrogen (secondary N) is 2.